The summed E-state index contributed by atoms with van der Waals surface area (Å²) in [5, 5.41) is 2.62. The van der Waals surface area contributed by atoms with E-state index < -0.39 is 0 Å². The average Bonchev–Trinajstić information content (AvgIpc) is 3.43. The van der Waals surface area contributed by atoms with Crippen molar-refractivity contribution in [1.29, 1.82) is 0 Å². The predicted octanol–water partition coefficient (Wildman–Crippen LogP) is 0.890. The molecule has 5 rings (SSSR count). The molecule has 0 fully saturated rings. The van der Waals surface area contributed by atoms with Crippen LogP contribution in [-0.4, -0.2) is 4.57 Å². The third-order valence-corrected chi connectivity index (χ3v) is 5.03. The van der Waals surface area contributed by atoms with Crippen molar-refractivity contribution in [1.82, 2.24) is 4.57 Å². The normalized spacial score (nSPS) is 11.5. The van der Waals surface area contributed by atoms with Crippen molar-refractivity contribution in [3.8, 4) is 5.69 Å². The second kappa shape index (κ2) is 13.0. The molecule has 0 radical (unpaired) electrons. The molecule has 1 aromatic heterocycles. The molecule has 0 spiro atoms. The number of halogens is 2. The Morgan fingerprint density at radius 2 is 1.65 bits per heavy atom. The second-order valence-electron chi connectivity index (χ2n) is 7.34. The summed E-state index contributed by atoms with van der Waals surface area (Å²) < 4.78 is 2.25. The molecule has 4 aromatic rings. The predicted molar refractivity (Wildman–Crippen MR) is 119 cm³/mol. The first-order valence-corrected chi connectivity index (χ1v) is 9.81. The van der Waals surface area contributed by atoms with E-state index in [1.807, 2.05) is 6.07 Å². The number of nitrogens with zero attached hydrogens (tertiary/aromatic N) is 1. The zero-order valence-electron chi connectivity index (χ0n) is 17.8. The van der Waals surface area contributed by atoms with Crippen LogP contribution in [0.2, 0.25) is 0 Å². The molecule has 0 atom stereocenters. The van der Waals surface area contributed by atoms with Gasteiger partial charge in [0.1, 0.15) is 0 Å². The van der Waals surface area contributed by atoms with Gasteiger partial charge in [0.2, 0.25) is 0 Å². The number of fused-ring (bicyclic) bond motifs is 1. The summed E-state index contributed by atoms with van der Waals surface area (Å²) in [6.45, 7) is 4.27. The number of allylic oxidation sites excluding steroid dienone is 4. The van der Waals surface area contributed by atoms with Crippen LogP contribution in [0.1, 0.15) is 23.2 Å². The van der Waals surface area contributed by atoms with Gasteiger partial charge in [0.25, 0.3) is 0 Å². The van der Waals surface area contributed by atoms with Crippen molar-refractivity contribution in [2.24, 2.45) is 0 Å². The number of hydrogen-bond acceptors (Lipinski definition) is 0. The van der Waals surface area contributed by atoms with Gasteiger partial charge in [-0.25, -0.2) is 11.6 Å². The van der Waals surface area contributed by atoms with E-state index in [1.165, 1.54) is 38.9 Å². The van der Waals surface area contributed by atoms with Crippen molar-refractivity contribution in [3.63, 3.8) is 0 Å². The number of benzene rings is 2. The molecule has 3 aromatic carbocycles. The SMILES string of the molecule is Cc1cc(C)n(-c2cc3ccccc3[cH-]2)c1.[C-]1=C(Cc2ccccc2)C=CC1.[Cl-].[Cl-].[Zr+4]. The van der Waals surface area contributed by atoms with Gasteiger partial charge in [-0.2, -0.15) is 6.08 Å². The first-order valence-electron chi connectivity index (χ1n) is 9.81. The van der Waals surface area contributed by atoms with Gasteiger partial charge in [-0.15, -0.1) is 47.5 Å². The van der Waals surface area contributed by atoms with E-state index in [4.69, 9.17) is 0 Å². The van der Waals surface area contributed by atoms with Crippen LogP contribution in [0.5, 0.6) is 0 Å². The fourth-order valence-electron chi connectivity index (χ4n) is 3.68. The fourth-order valence-corrected chi connectivity index (χ4v) is 3.68. The summed E-state index contributed by atoms with van der Waals surface area (Å²) in [6.07, 6.45) is 11.8. The van der Waals surface area contributed by atoms with Gasteiger partial charge < -0.3 is 29.4 Å². The first-order chi connectivity index (χ1) is 13.7. The van der Waals surface area contributed by atoms with Crippen LogP contribution in [-0.2, 0) is 32.6 Å². The van der Waals surface area contributed by atoms with E-state index in [9.17, 15) is 0 Å². The van der Waals surface area contributed by atoms with E-state index in [0.717, 1.165) is 12.8 Å². The van der Waals surface area contributed by atoms with Crippen LogP contribution in [0.3, 0.4) is 0 Å². The minimum absolute atomic E-state index is 0. The minimum atomic E-state index is 0. The molecule has 0 saturated carbocycles. The van der Waals surface area contributed by atoms with Gasteiger partial charge >= 0.3 is 26.2 Å². The van der Waals surface area contributed by atoms with Crippen molar-refractivity contribution in [3.05, 3.63) is 120 Å². The maximum atomic E-state index is 3.31. The summed E-state index contributed by atoms with van der Waals surface area (Å²) in [6, 6.07) is 25.7. The van der Waals surface area contributed by atoms with Crippen molar-refractivity contribution in [2.75, 3.05) is 0 Å². The minimum Gasteiger partial charge on any atom is -1.00 e. The van der Waals surface area contributed by atoms with E-state index in [-0.39, 0.29) is 51.0 Å². The van der Waals surface area contributed by atoms with Gasteiger partial charge in [-0.05, 0) is 43.1 Å². The molecule has 1 aliphatic carbocycles. The largest absolute Gasteiger partial charge is 4.00 e. The maximum Gasteiger partial charge on any atom is 4.00 e. The third-order valence-electron chi connectivity index (χ3n) is 5.03. The van der Waals surface area contributed by atoms with Gasteiger partial charge in [0, 0.05) is 11.9 Å². The molecule has 0 saturated heterocycles. The Morgan fingerprint density at radius 1 is 0.935 bits per heavy atom. The summed E-state index contributed by atoms with van der Waals surface area (Å²) in [5.41, 5.74) is 6.54. The standard InChI is InChI=1S/C15H14N.C12H11.2ClH.Zr/c1-11-7-12(2)16(10-11)15-8-13-5-3-4-6-14(13)9-15;1-2-6-11(7-3-1)10-12-8-4-5-9-12;;;/h3-10H,1-2H3;1-4,6-8H,5,10H2;2*1H;/q2*-1;;;+4/p-2. The van der Waals surface area contributed by atoms with Crippen LogP contribution in [0.15, 0.2) is 96.7 Å². The molecule has 0 unspecified atom stereocenters. The molecule has 0 N–H and O–H groups in total. The van der Waals surface area contributed by atoms with Crippen LogP contribution in [0.4, 0.5) is 0 Å². The summed E-state index contributed by atoms with van der Waals surface area (Å²) in [4.78, 5) is 0. The van der Waals surface area contributed by atoms with Gasteiger partial charge in [0.15, 0.2) is 0 Å². The summed E-state index contributed by atoms with van der Waals surface area (Å²) in [5.74, 6) is 0. The van der Waals surface area contributed by atoms with Crippen molar-refractivity contribution < 1.29 is 51.0 Å². The molecule has 0 aliphatic heterocycles. The molecular weight excluding hydrogens is 500 g/mol. The topological polar surface area (TPSA) is 4.93 Å². The Balaban J connectivity index is 0.000000292. The molecule has 0 amide bonds. The summed E-state index contributed by atoms with van der Waals surface area (Å²) in [7, 11) is 0. The van der Waals surface area contributed by atoms with Crippen molar-refractivity contribution in [2.45, 2.75) is 26.7 Å². The molecule has 1 aliphatic rings. The average molecular weight is 526 g/mol. The van der Waals surface area contributed by atoms with Crippen LogP contribution >= 0.6 is 0 Å². The Hall–Kier alpha value is -1.73. The van der Waals surface area contributed by atoms with Gasteiger partial charge in [0.05, 0.1) is 0 Å². The molecule has 4 heteroatoms. The van der Waals surface area contributed by atoms with Crippen molar-refractivity contribution >= 4 is 10.8 Å². The number of rotatable bonds is 3. The number of aromatic nitrogens is 1. The molecule has 156 valence electrons. The maximum absolute atomic E-state index is 3.31. The van der Waals surface area contributed by atoms with E-state index >= 15 is 0 Å². The molecular formula is C27H25Cl2NZr. The fraction of sp³-hybridized carbons (Fsp3) is 0.148. The Bertz CT molecular complexity index is 1100. The van der Waals surface area contributed by atoms with Gasteiger partial charge in [-0.3, -0.25) is 6.08 Å². The molecule has 0 bridgehead atoms. The molecule has 1 heterocycles. The monoisotopic (exact) mass is 523 g/mol. The number of aryl methyl sites for hydroxylation is 2. The van der Waals surface area contributed by atoms with E-state index in [0.29, 0.717) is 0 Å². The Kier molecular flexibility index (Phi) is 11.4. The van der Waals surface area contributed by atoms with Crippen LogP contribution < -0.4 is 24.8 Å². The Labute approximate surface area is 217 Å². The molecule has 31 heavy (non-hydrogen) atoms. The van der Waals surface area contributed by atoms with Gasteiger partial charge in [-0.1, -0.05) is 36.4 Å². The third kappa shape index (κ3) is 7.14. The zero-order valence-corrected chi connectivity index (χ0v) is 21.7. The second-order valence-corrected chi connectivity index (χ2v) is 7.34. The van der Waals surface area contributed by atoms with Crippen LogP contribution in [0, 0.1) is 19.9 Å². The first kappa shape index (κ1) is 27.3. The smallest absolute Gasteiger partial charge is 1.00 e. The number of hydrogen-bond donors (Lipinski definition) is 0. The Morgan fingerprint density at radius 3 is 2.26 bits per heavy atom. The molecule has 1 nitrogen and oxygen atoms in total. The van der Waals surface area contributed by atoms with E-state index in [1.54, 1.807) is 0 Å². The zero-order chi connectivity index (χ0) is 19.3. The van der Waals surface area contributed by atoms with E-state index in [2.05, 4.69) is 110 Å². The van der Waals surface area contributed by atoms with Crippen LogP contribution in [0.25, 0.3) is 16.5 Å². The summed E-state index contributed by atoms with van der Waals surface area (Å²) >= 11 is 0. The quantitative estimate of drug-likeness (QED) is 0.351.